The maximum atomic E-state index is 6.12. The van der Waals surface area contributed by atoms with Gasteiger partial charge in [0.15, 0.2) is 0 Å². The SMILES string of the molecule is CC(C)Cc1cc(Cl)cc(CC(C)C)c1. The summed E-state index contributed by atoms with van der Waals surface area (Å²) in [7, 11) is 0. The number of hydrogen-bond acceptors (Lipinski definition) is 0. The maximum absolute atomic E-state index is 6.12. The Morgan fingerprint density at radius 1 is 0.867 bits per heavy atom. The minimum absolute atomic E-state index is 0.690. The molecular weight excluding hydrogens is 204 g/mol. The molecule has 0 atom stereocenters. The Balaban J connectivity index is 2.84. The Kier molecular flexibility index (Phi) is 4.66. The fourth-order valence-corrected chi connectivity index (χ4v) is 2.18. The van der Waals surface area contributed by atoms with Crippen molar-refractivity contribution < 1.29 is 0 Å². The van der Waals surface area contributed by atoms with E-state index in [4.69, 9.17) is 11.6 Å². The molecule has 0 aliphatic carbocycles. The van der Waals surface area contributed by atoms with E-state index in [2.05, 4.69) is 45.9 Å². The maximum Gasteiger partial charge on any atom is 0.0411 e. The van der Waals surface area contributed by atoms with Gasteiger partial charge in [-0.1, -0.05) is 45.4 Å². The average Bonchev–Trinajstić information content (AvgIpc) is 1.98. The van der Waals surface area contributed by atoms with Crippen molar-refractivity contribution in [3.05, 3.63) is 34.3 Å². The summed E-state index contributed by atoms with van der Waals surface area (Å²) in [5, 5.41) is 0.879. The first-order chi connectivity index (χ1) is 6.97. The van der Waals surface area contributed by atoms with Gasteiger partial charge in [0, 0.05) is 5.02 Å². The summed E-state index contributed by atoms with van der Waals surface area (Å²) in [6.45, 7) is 8.96. The quantitative estimate of drug-likeness (QED) is 0.693. The molecule has 0 heterocycles. The Hall–Kier alpha value is -0.490. The molecule has 0 N–H and O–H groups in total. The van der Waals surface area contributed by atoms with Gasteiger partial charge in [-0.3, -0.25) is 0 Å². The fourth-order valence-electron chi connectivity index (χ4n) is 1.90. The van der Waals surface area contributed by atoms with E-state index in [0.29, 0.717) is 11.8 Å². The van der Waals surface area contributed by atoms with Crippen LogP contribution in [0.25, 0.3) is 0 Å². The summed E-state index contributed by atoms with van der Waals surface area (Å²) in [6, 6.07) is 6.47. The van der Waals surface area contributed by atoms with Gasteiger partial charge < -0.3 is 0 Å². The minimum atomic E-state index is 0.690. The summed E-state index contributed by atoms with van der Waals surface area (Å²) in [4.78, 5) is 0. The van der Waals surface area contributed by atoms with Crippen LogP contribution in [0.3, 0.4) is 0 Å². The molecule has 0 unspecified atom stereocenters. The lowest BCUT2D eigenvalue weighted by Gasteiger charge is -2.10. The molecule has 1 aromatic rings. The second kappa shape index (κ2) is 5.55. The summed E-state index contributed by atoms with van der Waals surface area (Å²) in [5.41, 5.74) is 2.74. The third-order valence-corrected chi connectivity index (χ3v) is 2.52. The highest BCUT2D eigenvalue weighted by molar-refractivity contribution is 6.30. The Labute approximate surface area is 98.7 Å². The fraction of sp³-hybridized carbons (Fsp3) is 0.571. The molecule has 0 aliphatic rings. The predicted molar refractivity (Wildman–Crippen MR) is 68.5 cm³/mol. The zero-order valence-corrected chi connectivity index (χ0v) is 10.9. The molecule has 0 fully saturated rings. The molecule has 0 nitrogen and oxygen atoms in total. The second-order valence-corrected chi connectivity index (χ2v) is 5.60. The molecule has 1 aromatic carbocycles. The number of benzene rings is 1. The highest BCUT2D eigenvalue weighted by atomic mass is 35.5. The first-order valence-electron chi connectivity index (χ1n) is 5.75. The summed E-state index contributed by atoms with van der Waals surface area (Å²) >= 11 is 6.12. The van der Waals surface area contributed by atoms with Crippen molar-refractivity contribution in [1.29, 1.82) is 0 Å². The van der Waals surface area contributed by atoms with E-state index in [1.54, 1.807) is 0 Å². The molecule has 0 aromatic heterocycles. The predicted octanol–water partition coefficient (Wildman–Crippen LogP) is 4.74. The first kappa shape index (κ1) is 12.6. The molecule has 0 bridgehead atoms. The molecule has 15 heavy (non-hydrogen) atoms. The van der Waals surface area contributed by atoms with Crippen molar-refractivity contribution in [1.82, 2.24) is 0 Å². The van der Waals surface area contributed by atoms with Crippen LogP contribution >= 0.6 is 11.6 Å². The lowest BCUT2D eigenvalue weighted by molar-refractivity contribution is 0.636. The molecule has 84 valence electrons. The topological polar surface area (TPSA) is 0 Å². The highest BCUT2D eigenvalue weighted by Gasteiger charge is 2.04. The van der Waals surface area contributed by atoms with E-state index in [1.807, 2.05) is 0 Å². The zero-order valence-electron chi connectivity index (χ0n) is 10.2. The smallest absolute Gasteiger partial charge is 0.0411 e. The van der Waals surface area contributed by atoms with Crippen molar-refractivity contribution in [3.63, 3.8) is 0 Å². The van der Waals surface area contributed by atoms with Gasteiger partial charge in [0.05, 0.1) is 0 Å². The first-order valence-corrected chi connectivity index (χ1v) is 6.13. The third kappa shape index (κ3) is 4.70. The lowest BCUT2D eigenvalue weighted by atomic mass is 9.97. The molecule has 1 heteroatoms. The normalized spacial score (nSPS) is 11.4. The van der Waals surface area contributed by atoms with E-state index in [1.165, 1.54) is 11.1 Å². The molecule has 0 radical (unpaired) electrons. The average molecular weight is 225 g/mol. The van der Waals surface area contributed by atoms with Gasteiger partial charge in [-0.15, -0.1) is 0 Å². The van der Waals surface area contributed by atoms with E-state index in [-0.39, 0.29) is 0 Å². The van der Waals surface area contributed by atoms with Crippen LogP contribution in [0.5, 0.6) is 0 Å². The zero-order chi connectivity index (χ0) is 11.4. The van der Waals surface area contributed by atoms with Gasteiger partial charge in [-0.25, -0.2) is 0 Å². The van der Waals surface area contributed by atoms with Crippen molar-refractivity contribution in [2.45, 2.75) is 40.5 Å². The molecule has 0 saturated heterocycles. The van der Waals surface area contributed by atoms with Crippen LogP contribution < -0.4 is 0 Å². The van der Waals surface area contributed by atoms with Crippen LogP contribution in [0.15, 0.2) is 18.2 Å². The Morgan fingerprint density at radius 3 is 1.60 bits per heavy atom. The van der Waals surface area contributed by atoms with Crippen LogP contribution in [0.2, 0.25) is 5.02 Å². The third-order valence-electron chi connectivity index (χ3n) is 2.31. The molecule has 1 rings (SSSR count). The summed E-state index contributed by atoms with van der Waals surface area (Å²) < 4.78 is 0. The van der Waals surface area contributed by atoms with Gasteiger partial charge in [0.2, 0.25) is 0 Å². The van der Waals surface area contributed by atoms with Gasteiger partial charge in [-0.2, -0.15) is 0 Å². The van der Waals surface area contributed by atoms with Crippen molar-refractivity contribution >= 4 is 11.6 Å². The Bertz CT molecular complexity index is 285. The van der Waals surface area contributed by atoms with Gasteiger partial charge in [0.25, 0.3) is 0 Å². The number of rotatable bonds is 4. The van der Waals surface area contributed by atoms with Crippen LogP contribution in [0.4, 0.5) is 0 Å². The van der Waals surface area contributed by atoms with E-state index in [0.717, 1.165) is 17.9 Å². The van der Waals surface area contributed by atoms with Crippen molar-refractivity contribution in [2.75, 3.05) is 0 Å². The van der Waals surface area contributed by atoms with Crippen LogP contribution in [0.1, 0.15) is 38.8 Å². The van der Waals surface area contributed by atoms with E-state index in [9.17, 15) is 0 Å². The van der Waals surface area contributed by atoms with Gasteiger partial charge in [-0.05, 0) is 47.9 Å². The van der Waals surface area contributed by atoms with E-state index < -0.39 is 0 Å². The van der Waals surface area contributed by atoms with Gasteiger partial charge in [0.1, 0.15) is 0 Å². The lowest BCUT2D eigenvalue weighted by Crippen LogP contribution is -1.98. The molecule has 0 spiro atoms. The molecular formula is C14H21Cl. The van der Waals surface area contributed by atoms with Crippen LogP contribution in [-0.2, 0) is 12.8 Å². The molecule has 0 saturated carbocycles. The van der Waals surface area contributed by atoms with Crippen LogP contribution in [0, 0.1) is 11.8 Å². The van der Waals surface area contributed by atoms with E-state index >= 15 is 0 Å². The number of hydrogen-bond donors (Lipinski definition) is 0. The molecule has 0 amide bonds. The van der Waals surface area contributed by atoms with Crippen LogP contribution in [-0.4, -0.2) is 0 Å². The monoisotopic (exact) mass is 224 g/mol. The Morgan fingerprint density at radius 2 is 1.27 bits per heavy atom. The molecule has 0 aliphatic heterocycles. The minimum Gasteiger partial charge on any atom is -0.0843 e. The van der Waals surface area contributed by atoms with Crippen molar-refractivity contribution in [3.8, 4) is 0 Å². The summed E-state index contributed by atoms with van der Waals surface area (Å²) in [5.74, 6) is 1.38. The summed E-state index contributed by atoms with van der Waals surface area (Å²) in [6.07, 6.45) is 2.23. The largest absolute Gasteiger partial charge is 0.0843 e. The van der Waals surface area contributed by atoms with Gasteiger partial charge >= 0.3 is 0 Å². The number of halogens is 1. The second-order valence-electron chi connectivity index (χ2n) is 5.16. The standard InChI is InChI=1S/C14H21Cl/c1-10(2)5-12-7-13(6-11(3)4)9-14(15)8-12/h7-11H,5-6H2,1-4H3. The highest BCUT2D eigenvalue weighted by Crippen LogP contribution is 2.20. The van der Waals surface area contributed by atoms with Crippen molar-refractivity contribution in [2.24, 2.45) is 11.8 Å².